The summed E-state index contributed by atoms with van der Waals surface area (Å²) in [6.07, 6.45) is -0.0499. The number of hydrogen-bond donors (Lipinski definition) is 0. The molecule has 1 heterocycles. The molecule has 0 spiro atoms. The summed E-state index contributed by atoms with van der Waals surface area (Å²) in [5.74, 6) is 1.42. The Balaban J connectivity index is 2.14. The van der Waals surface area contributed by atoms with Crippen molar-refractivity contribution in [2.24, 2.45) is 0 Å². The molecule has 0 bridgehead atoms. The van der Waals surface area contributed by atoms with Crippen molar-refractivity contribution in [2.75, 3.05) is 7.11 Å². The monoisotopic (exact) mass is 310 g/mol. The fraction of sp³-hybridized carbons (Fsp3) is 0.211. The van der Waals surface area contributed by atoms with E-state index in [1.807, 2.05) is 56.3 Å². The van der Waals surface area contributed by atoms with Crippen molar-refractivity contribution in [3.8, 4) is 5.75 Å². The minimum Gasteiger partial charge on any atom is -0.497 e. The van der Waals surface area contributed by atoms with Gasteiger partial charge in [0, 0.05) is 11.1 Å². The normalized spacial score (nSPS) is 15.2. The van der Waals surface area contributed by atoms with Crippen LogP contribution in [0, 0.1) is 0 Å². The average Bonchev–Trinajstić information content (AvgIpc) is 2.90. The summed E-state index contributed by atoms with van der Waals surface area (Å²) in [6, 6.07) is 14.8. The molecule has 0 amide bonds. The lowest BCUT2D eigenvalue weighted by atomic mass is 10.0. The van der Waals surface area contributed by atoms with Crippen molar-refractivity contribution in [1.29, 1.82) is 0 Å². The Bertz CT molecular complexity index is 757. The van der Waals surface area contributed by atoms with Crippen molar-refractivity contribution >= 4 is 17.5 Å². The Morgan fingerprint density at radius 1 is 1.00 bits per heavy atom. The first-order valence-electron chi connectivity index (χ1n) is 7.47. The van der Waals surface area contributed by atoms with E-state index in [9.17, 15) is 4.79 Å². The van der Waals surface area contributed by atoms with E-state index >= 15 is 0 Å². The van der Waals surface area contributed by atoms with Crippen molar-refractivity contribution in [3.05, 3.63) is 65.2 Å². The molecule has 0 N–H and O–H groups in total. The first-order chi connectivity index (χ1) is 11.1. The second-order valence-corrected chi connectivity index (χ2v) is 5.49. The van der Waals surface area contributed by atoms with Crippen LogP contribution in [0.25, 0.3) is 11.5 Å². The zero-order valence-electron chi connectivity index (χ0n) is 13.3. The molecule has 0 saturated carbocycles. The van der Waals surface area contributed by atoms with Crippen LogP contribution in [-0.4, -0.2) is 19.2 Å². The van der Waals surface area contributed by atoms with Gasteiger partial charge in [-0.15, -0.1) is 0 Å². The maximum atomic E-state index is 12.1. The molecule has 0 atom stereocenters. The minimum atomic E-state index is -0.353. The highest BCUT2D eigenvalue weighted by Gasteiger charge is 2.30. The second-order valence-electron chi connectivity index (χ2n) is 5.49. The summed E-state index contributed by atoms with van der Waals surface area (Å²) in [5.41, 5.74) is 2.14. The Kier molecular flexibility index (Phi) is 4.06. The molecule has 118 valence electrons. The van der Waals surface area contributed by atoms with E-state index in [4.69, 9.17) is 14.2 Å². The molecule has 2 aromatic rings. The van der Waals surface area contributed by atoms with Gasteiger partial charge in [-0.25, -0.2) is 4.79 Å². The van der Waals surface area contributed by atoms with Gasteiger partial charge < -0.3 is 14.2 Å². The molecule has 0 aromatic heterocycles. The van der Waals surface area contributed by atoms with Gasteiger partial charge >= 0.3 is 5.97 Å². The number of cyclic esters (lactones) is 1. The van der Waals surface area contributed by atoms with Crippen LogP contribution in [-0.2, 0) is 9.47 Å². The van der Waals surface area contributed by atoms with Gasteiger partial charge in [0.15, 0.2) is 11.5 Å². The number of hydrogen-bond acceptors (Lipinski definition) is 4. The molecule has 0 aliphatic carbocycles. The second kappa shape index (κ2) is 6.16. The summed E-state index contributed by atoms with van der Waals surface area (Å²) >= 11 is 0. The van der Waals surface area contributed by atoms with Gasteiger partial charge in [0.25, 0.3) is 0 Å². The summed E-state index contributed by atoms with van der Waals surface area (Å²) in [6.45, 7) is 3.87. The molecule has 4 heteroatoms. The summed E-state index contributed by atoms with van der Waals surface area (Å²) < 4.78 is 16.6. The van der Waals surface area contributed by atoms with E-state index < -0.39 is 0 Å². The zero-order valence-corrected chi connectivity index (χ0v) is 13.3. The highest BCUT2D eigenvalue weighted by molar-refractivity contribution is 6.07. The number of esters is 1. The maximum absolute atomic E-state index is 12.1. The third kappa shape index (κ3) is 2.93. The molecule has 0 unspecified atom stereocenters. The van der Waals surface area contributed by atoms with Crippen LogP contribution in [0.1, 0.15) is 35.3 Å². The highest BCUT2D eigenvalue weighted by Crippen LogP contribution is 2.37. The van der Waals surface area contributed by atoms with Gasteiger partial charge in [-0.05, 0) is 44.2 Å². The van der Waals surface area contributed by atoms with Crippen LogP contribution in [0.15, 0.2) is 48.5 Å². The predicted octanol–water partition coefficient (Wildman–Crippen LogP) is 4.12. The zero-order chi connectivity index (χ0) is 16.4. The van der Waals surface area contributed by atoms with Gasteiger partial charge in [0.1, 0.15) is 5.75 Å². The van der Waals surface area contributed by atoms with Gasteiger partial charge in [-0.3, -0.25) is 0 Å². The van der Waals surface area contributed by atoms with Gasteiger partial charge in [-0.1, -0.05) is 18.2 Å². The summed E-state index contributed by atoms with van der Waals surface area (Å²) in [5, 5.41) is 0. The quantitative estimate of drug-likeness (QED) is 0.629. The Morgan fingerprint density at radius 3 is 2.26 bits per heavy atom. The van der Waals surface area contributed by atoms with Crippen molar-refractivity contribution in [1.82, 2.24) is 0 Å². The van der Waals surface area contributed by atoms with Crippen molar-refractivity contribution in [3.63, 3.8) is 0 Å². The molecule has 2 aromatic carbocycles. The lowest BCUT2D eigenvalue weighted by Gasteiger charge is -2.16. The molecule has 4 nitrogen and oxygen atoms in total. The van der Waals surface area contributed by atoms with Gasteiger partial charge in [0.05, 0.1) is 18.8 Å². The minimum absolute atomic E-state index is 0.0499. The summed E-state index contributed by atoms with van der Waals surface area (Å²) in [7, 11) is 1.62. The average molecular weight is 310 g/mol. The summed E-state index contributed by atoms with van der Waals surface area (Å²) in [4.78, 5) is 12.1. The molecule has 0 fully saturated rings. The van der Waals surface area contributed by atoms with E-state index in [2.05, 4.69) is 0 Å². The third-order valence-corrected chi connectivity index (χ3v) is 3.50. The Hall–Kier alpha value is -2.75. The number of benzene rings is 2. The van der Waals surface area contributed by atoms with E-state index in [0.29, 0.717) is 17.1 Å². The van der Waals surface area contributed by atoms with E-state index in [0.717, 1.165) is 16.9 Å². The molecule has 23 heavy (non-hydrogen) atoms. The third-order valence-electron chi connectivity index (χ3n) is 3.50. The molecule has 1 aliphatic rings. The number of carbonyl (C=O) groups excluding carboxylic acids is 1. The number of carbonyl (C=O) groups is 1. The molecular formula is C19H18O4. The van der Waals surface area contributed by atoms with Crippen LogP contribution in [0.4, 0.5) is 0 Å². The van der Waals surface area contributed by atoms with Crippen LogP contribution in [0.5, 0.6) is 5.75 Å². The van der Waals surface area contributed by atoms with Crippen LogP contribution in [0.3, 0.4) is 0 Å². The number of methoxy groups -OCH3 is 1. The van der Waals surface area contributed by atoms with E-state index in [1.54, 1.807) is 13.2 Å². The van der Waals surface area contributed by atoms with E-state index in [1.165, 1.54) is 0 Å². The number of rotatable bonds is 4. The van der Waals surface area contributed by atoms with Crippen molar-refractivity contribution in [2.45, 2.75) is 20.0 Å². The van der Waals surface area contributed by atoms with Crippen LogP contribution in [0.2, 0.25) is 0 Å². The number of ether oxygens (including phenoxy) is 3. The van der Waals surface area contributed by atoms with E-state index in [-0.39, 0.29) is 12.1 Å². The molecule has 1 aliphatic heterocycles. The number of fused-ring (bicyclic) bond motifs is 1. The first-order valence-corrected chi connectivity index (χ1v) is 7.47. The maximum Gasteiger partial charge on any atom is 0.344 e. The van der Waals surface area contributed by atoms with Crippen LogP contribution < -0.4 is 4.74 Å². The lowest BCUT2D eigenvalue weighted by molar-refractivity contribution is 0.0709. The van der Waals surface area contributed by atoms with Gasteiger partial charge in [-0.2, -0.15) is 0 Å². The van der Waals surface area contributed by atoms with Crippen LogP contribution >= 0.6 is 0 Å². The fourth-order valence-electron chi connectivity index (χ4n) is 2.46. The Morgan fingerprint density at radius 2 is 1.65 bits per heavy atom. The fourth-order valence-corrected chi connectivity index (χ4v) is 2.46. The van der Waals surface area contributed by atoms with Crippen molar-refractivity contribution < 1.29 is 19.0 Å². The van der Waals surface area contributed by atoms with Gasteiger partial charge in [0.2, 0.25) is 0 Å². The first kappa shape index (κ1) is 15.2. The topological polar surface area (TPSA) is 44.8 Å². The molecular weight excluding hydrogens is 292 g/mol. The lowest BCUT2D eigenvalue weighted by Crippen LogP contribution is -2.05. The predicted molar refractivity (Wildman–Crippen MR) is 87.9 cm³/mol. The Labute approximate surface area is 135 Å². The standard InChI is InChI=1S/C19H18O4/c1-12(2)22-17(13-8-10-14(21-3)11-9-13)18-15-6-4-5-7-16(15)19(20)23-18/h4-12H,1-3H3/b18-17-. The molecule has 3 rings (SSSR count). The SMILES string of the molecule is COc1ccc(/C(OC(C)C)=C2/OC(=O)c3ccccc32)cc1. The largest absolute Gasteiger partial charge is 0.497 e. The highest BCUT2D eigenvalue weighted by atomic mass is 16.6. The molecule has 0 radical (unpaired) electrons. The molecule has 0 saturated heterocycles. The smallest absolute Gasteiger partial charge is 0.344 e.